The molecule has 0 aromatic carbocycles. The molecule has 1 rings (SSSR count). The lowest BCUT2D eigenvalue weighted by Crippen LogP contribution is -2.50. The van der Waals surface area contributed by atoms with Gasteiger partial charge in [0.15, 0.2) is 0 Å². The molecule has 0 unspecified atom stereocenters. The minimum atomic E-state index is -3.88. The zero-order chi connectivity index (χ0) is 16.6. The summed E-state index contributed by atoms with van der Waals surface area (Å²) < 4.78 is 57.3. The quantitative estimate of drug-likeness (QED) is 0.768. The summed E-state index contributed by atoms with van der Waals surface area (Å²) in [6.07, 6.45) is -0.285. The van der Waals surface area contributed by atoms with E-state index in [2.05, 4.69) is 0 Å². The summed E-state index contributed by atoms with van der Waals surface area (Å²) in [5, 5.41) is 9.13. The van der Waals surface area contributed by atoms with Gasteiger partial charge in [0.25, 0.3) is 5.92 Å². The largest absolute Gasteiger partial charge is 0.444 e. The lowest BCUT2D eigenvalue weighted by atomic mass is 10.1. The molecule has 124 valence electrons. The van der Waals surface area contributed by atoms with Crippen LogP contribution in [0.15, 0.2) is 0 Å². The predicted molar refractivity (Wildman–Crippen MR) is 70.5 cm³/mol. The maximum atomic E-state index is 14.1. The van der Waals surface area contributed by atoms with Crippen LogP contribution in [0.4, 0.5) is 13.6 Å². The Balaban J connectivity index is 3.00. The highest BCUT2D eigenvalue weighted by Gasteiger charge is 2.59. The van der Waals surface area contributed by atoms with Gasteiger partial charge in [0, 0.05) is 6.54 Å². The second-order valence-electron chi connectivity index (χ2n) is 5.95. The monoisotopic (exact) mass is 330 g/mol. The van der Waals surface area contributed by atoms with Gasteiger partial charge < -0.3 is 9.84 Å². The Morgan fingerprint density at radius 2 is 2.00 bits per heavy atom. The van der Waals surface area contributed by atoms with Crippen molar-refractivity contribution in [1.29, 1.82) is 0 Å². The number of alkyl halides is 2. The summed E-state index contributed by atoms with van der Waals surface area (Å²) in [6, 6.07) is -3.65. The molecule has 1 heterocycles. The number of sulfonamides is 1. The highest BCUT2D eigenvalue weighted by atomic mass is 32.2. The van der Waals surface area contributed by atoms with Gasteiger partial charge >= 0.3 is 6.09 Å². The number of carbonyl (C=O) groups is 1. The van der Waals surface area contributed by atoms with E-state index in [1.807, 2.05) is 0 Å². The van der Waals surface area contributed by atoms with Crippen LogP contribution < -0.4 is 4.72 Å². The second-order valence-corrected chi connectivity index (χ2v) is 7.73. The highest BCUT2D eigenvalue weighted by Crippen LogP contribution is 2.35. The average molecular weight is 330 g/mol. The first-order chi connectivity index (χ1) is 9.28. The minimum absolute atomic E-state index is 0.583. The van der Waals surface area contributed by atoms with Crippen LogP contribution >= 0.6 is 0 Å². The Hall–Kier alpha value is -1.00. The number of ether oxygens (including phenoxy) is 1. The van der Waals surface area contributed by atoms with Crippen LogP contribution in [0, 0.1) is 0 Å². The number of halogens is 2. The maximum absolute atomic E-state index is 14.1. The van der Waals surface area contributed by atoms with Gasteiger partial charge in [0.1, 0.15) is 17.7 Å². The zero-order valence-electron chi connectivity index (χ0n) is 12.3. The lowest BCUT2D eigenvalue weighted by molar-refractivity contribution is -0.0655. The Bertz CT molecular complexity index is 503. The number of hydrogen-bond acceptors (Lipinski definition) is 5. The number of aliphatic hydroxyl groups excluding tert-OH is 1. The SMILES string of the molecule is CC(C)(C)OC(=O)N1C[C@@H](NS(C)(=O)=O)C(F)(F)[C@H]1CO. The van der Waals surface area contributed by atoms with Crippen LogP contribution in [0.1, 0.15) is 20.8 Å². The second kappa shape index (κ2) is 5.65. The van der Waals surface area contributed by atoms with Crippen molar-refractivity contribution in [2.75, 3.05) is 19.4 Å². The Morgan fingerprint density at radius 1 is 1.48 bits per heavy atom. The fourth-order valence-corrected chi connectivity index (χ4v) is 2.75. The molecule has 21 heavy (non-hydrogen) atoms. The topological polar surface area (TPSA) is 95.9 Å². The molecule has 2 atom stereocenters. The van der Waals surface area contributed by atoms with E-state index >= 15 is 0 Å². The van der Waals surface area contributed by atoms with E-state index in [4.69, 9.17) is 9.84 Å². The van der Waals surface area contributed by atoms with E-state index in [-0.39, 0.29) is 0 Å². The number of likely N-dealkylation sites (tertiary alicyclic amines) is 1. The van der Waals surface area contributed by atoms with Crippen molar-refractivity contribution in [3.05, 3.63) is 0 Å². The first kappa shape index (κ1) is 18.1. The van der Waals surface area contributed by atoms with Crippen molar-refractivity contribution in [3.8, 4) is 0 Å². The third-order valence-electron chi connectivity index (χ3n) is 2.82. The third kappa shape index (κ3) is 4.48. The number of amides is 1. The predicted octanol–water partition coefficient (Wildman–Crippen LogP) is 0.151. The van der Waals surface area contributed by atoms with Crippen LogP contribution in [0.3, 0.4) is 0 Å². The molecular weight excluding hydrogens is 310 g/mol. The van der Waals surface area contributed by atoms with Crippen molar-refractivity contribution < 1.29 is 31.8 Å². The molecule has 0 aromatic heterocycles. The number of carbonyl (C=O) groups excluding carboxylic acids is 1. The molecule has 0 saturated carbocycles. The van der Waals surface area contributed by atoms with Crippen LogP contribution in [-0.2, 0) is 14.8 Å². The van der Waals surface area contributed by atoms with E-state index in [1.165, 1.54) is 0 Å². The molecule has 7 nitrogen and oxygen atoms in total. The summed E-state index contributed by atoms with van der Waals surface area (Å²) in [7, 11) is -3.88. The van der Waals surface area contributed by atoms with Crippen molar-refractivity contribution >= 4 is 16.1 Å². The average Bonchev–Trinajstić information content (AvgIpc) is 2.45. The van der Waals surface area contributed by atoms with Gasteiger partial charge in [-0.2, -0.15) is 0 Å². The van der Waals surface area contributed by atoms with Crippen molar-refractivity contribution in [3.63, 3.8) is 0 Å². The molecule has 1 saturated heterocycles. The molecule has 10 heteroatoms. The molecule has 1 aliphatic rings. The van der Waals surface area contributed by atoms with Crippen LogP contribution in [0.25, 0.3) is 0 Å². The molecule has 0 spiro atoms. The van der Waals surface area contributed by atoms with Gasteiger partial charge in [-0.25, -0.2) is 26.7 Å². The minimum Gasteiger partial charge on any atom is -0.444 e. The van der Waals surface area contributed by atoms with Gasteiger partial charge in [0.2, 0.25) is 10.0 Å². The normalized spacial score (nSPS) is 26.0. The fourth-order valence-electron chi connectivity index (χ4n) is 2.00. The van der Waals surface area contributed by atoms with Crippen LogP contribution in [0.2, 0.25) is 0 Å². The number of aliphatic hydroxyl groups is 1. The molecule has 0 aromatic rings. The molecule has 1 fully saturated rings. The molecule has 1 amide bonds. The lowest BCUT2D eigenvalue weighted by Gasteiger charge is -2.28. The Kier molecular flexibility index (Phi) is 4.86. The molecule has 0 radical (unpaired) electrons. The number of nitrogens with zero attached hydrogens (tertiary/aromatic N) is 1. The van der Waals surface area contributed by atoms with Gasteiger partial charge in [-0.3, -0.25) is 4.90 Å². The molecular formula is C11H20F2N2O5S. The van der Waals surface area contributed by atoms with E-state index in [0.717, 1.165) is 6.26 Å². The van der Waals surface area contributed by atoms with Crippen LogP contribution in [0.5, 0.6) is 0 Å². The van der Waals surface area contributed by atoms with E-state index in [1.54, 1.807) is 25.5 Å². The van der Waals surface area contributed by atoms with Gasteiger partial charge in [0.05, 0.1) is 12.9 Å². The first-order valence-corrected chi connectivity index (χ1v) is 8.12. The Labute approximate surface area is 122 Å². The fraction of sp³-hybridized carbons (Fsp3) is 0.909. The number of rotatable bonds is 3. The smallest absolute Gasteiger partial charge is 0.410 e. The van der Waals surface area contributed by atoms with Gasteiger partial charge in [-0.05, 0) is 20.8 Å². The van der Waals surface area contributed by atoms with Crippen molar-refractivity contribution in [1.82, 2.24) is 9.62 Å². The van der Waals surface area contributed by atoms with E-state index < -0.39 is 52.9 Å². The van der Waals surface area contributed by atoms with E-state index in [9.17, 15) is 22.0 Å². The highest BCUT2D eigenvalue weighted by molar-refractivity contribution is 7.88. The summed E-state index contributed by atoms with van der Waals surface area (Å²) in [6.45, 7) is 3.12. The van der Waals surface area contributed by atoms with Crippen LogP contribution in [-0.4, -0.2) is 67.5 Å². The molecule has 1 aliphatic heterocycles. The number of nitrogens with one attached hydrogen (secondary N) is 1. The van der Waals surface area contributed by atoms with Gasteiger partial charge in [-0.15, -0.1) is 0 Å². The van der Waals surface area contributed by atoms with Crippen molar-refractivity contribution in [2.45, 2.75) is 44.4 Å². The standard InChI is InChI=1S/C11H20F2N2O5S/c1-10(2,3)20-9(17)15-5-7(14-21(4,18)19)11(12,13)8(15)6-16/h7-8,14,16H,5-6H2,1-4H3/t7-,8-/m1/s1. The third-order valence-corrected chi connectivity index (χ3v) is 3.53. The molecule has 0 aliphatic carbocycles. The molecule has 2 N–H and O–H groups in total. The first-order valence-electron chi connectivity index (χ1n) is 6.23. The summed E-state index contributed by atoms with van der Waals surface area (Å²) in [5.74, 6) is -3.60. The summed E-state index contributed by atoms with van der Waals surface area (Å²) in [4.78, 5) is 12.6. The summed E-state index contributed by atoms with van der Waals surface area (Å²) >= 11 is 0. The number of hydrogen-bond donors (Lipinski definition) is 2. The zero-order valence-corrected chi connectivity index (χ0v) is 13.1. The molecule has 0 bridgehead atoms. The summed E-state index contributed by atoms with van der Waals surface area (Å²) in [5.41, 5.74) is -0.894. The van der Waals surface area contributed by atoms with Crippen molar-refractivity contribution in [2.24, 2.45) is 0 Å². The maximum Gasteiger partial charge on any atom is 0.410 e. The van der Waals surface area contributed by atoms with Gasteiger partial charge in [-0.1, -0.05) is 0 Å². The van der Waals surface area contributed by atoms with E-state index in [0.29, 0.717) is 4.90 Å². The Morgan fingerprint density at radius 3 is 2.38 bits per heavy atom.